The lowest BCUT2D eigenvalue weighted by Gasteiger charge is -2.07. The van der Waals surface area contributed by atoms with Crippen LogP contribution in [0.4, 0.5) is 5.69 Å². The summed E-state index contributed by atoms with van der Waals surface area (Å²) in [5.74, 6) is -0.358. The lowest BCUT2D eigenvalue weighted by Crippen LogP contribution is -2.09. The van der Waals surface area contributed by atoms with Gasteiger partial charge in [0.2, 0.25) is 0 Å². The zero-order valence-electron chi connectivity index (χ0n) is 11.4. The minimum absolute atomic E-state index is 0.335. The van der Waals surface area contributed by atoms with Crippen molar-refractivity contribution >= 4 is 34.8 Å². The summed E-state index contributed by atoms with van der Waals surface area (Å²) in [5, 5.41) is 12.5. The number of carbonyl (C=O) groups excluding carboxylic acids is 1. The van der Waals surface area contributed by atoms with E-state index in [9.17, 15) is 10.1 Å². The van der Waals surface area contributed by atoms with Crippen molar-refractivity contribution in [3.63, 3.8) is 0 Å². The Bertz CT molecular complexity index is 478. The van der Waals surface area contributed by atoms with Crippen LogP contribution in [0, 0.1) is 11.3 Å². The molecule has 0 fully saturated rings. The summed E-state index contributed by atoms with van der Waals surface area (Å²) in [6.45, 7) is 4.96. The fourth-order valence-corrected chi connectivity index (χ4v) is 3.34. The molecule has 0 radical (unpaired) electrons. The van der Waals surface area contributed by atoms with Gasteiger partial charge in [-0.1, -0.05) is 13.3 Å². The van der Waals surface area contributed by atoms with Crippen molar-refractivity contribution in [2.24, 2.45) is 0 Å². The van der Waals surface area contributed by atoms with E-state index < -0.39 is 0 Å². The Morgan fingerprint density at radius 1 is 1.53 bits per heavy atom. The smallest absolute Gasteiger partial charge is 0.350 e. The Balaban J connectivity index is 3.10. The van der Waals surface area contributed by atoms with Crippen molar-refractivity contribution in [2.45, 2.75) is 30.9 Å². The number of thiophene rings is 1. The van der Waals surface area contributed by atoms with Crippen LogP contribution in [0.25, 0.3) is 0 Å². The zero-order chi connectivity index (χ0) is 14.3. The molecule has 0 saturated heterocycles. The topological polar surface area (TPSA) is 62.1 Å². The van der Waals surface area contributed by atoms with Crippen LogP contribution in [-0.2, 0) is 4.74 Å². The van der Waals surface area contributed by atoms with Crippen LogP contribution in [0.5, 0.6) is 0 Å². The number of ether oxygens (including phenoxy) is 1. The highest BCUT2D eigenvalue weighted by Gasteiger charge is 2.23. The first kappa shape index (κ1) is 15.9. The Morgan fingerprint density at radius 3 is 2.79 bits per heavy atom. The molecule has 6 heteroatoms. The van der Waals surface area contributed by atoms with Crippen molar-refractivity contribution in [1.29, 1.82) is 5.26 Å². The van der Waals surface area contributed by atoms with E-state index in [-0.39, 0.29) is 5.97 Å². The summed E-state index contributed by atoms with van der Waals surface area (Å²) < 4.78 is 5.90. The van der Waals surface area contributed by atoms with Gasteiger partial charge in [0.25, 0.3) is 0 Å². The summed E-state index contributed by atoms with van der Waals surface area (Å²) >= 11 is 2.80. The number of nitrogens with zero attached hydrogens (tertiary/aromatic N) is 1. The Hall–Kier alpha value is -1.19. The van der Waals surface area contributed by atoms with Crippen molar-refractivity contribution in [3.8, 4) is 6.07 Å². The van der Waals surface area contributed by atoms with Gasteiger partial charge in [0.05, 0.1) is 16.5 Å². The molecule has 1 rings (SSSR count). The van der Waals surface area contributed by atoms with Crippen molar-refractivity contribution in [3.05, 3.63) is 10.4 Å². The van der Waals surface area contributed by atoms with Gasteiger partial charge in [-0.05, 0) is 19.6 Å². The Morgan fingerprint density at radius 2 is 2.26 bits per heavy atom. The molecule has 1 heterocycles. The third-order valence-electron chi connectivity index (χ3n) is 2.47. The molecular weight excluding hydrogens is 280 g/mol. The molecule has 19 heavy (non-hydrogen) atoms. The second kappa shape index (κ2) is 8.08. The SMILES string of the molecule is CCCCNc1c(C(=O)OCC)sc(SC)c1C#N. The van der Waals surface area contributed by atoms with E-state index in [2.05, 4.69) is 18.3 Å². The van der Waals surface area contributed by atoms with Gasteiger partial charge in [-0.15, -0.1) is 23.1 Å². The van der Waals surface area contributed by atoms with Gasteiger partial charge in [0.15, 0.2) is 0 Å². The van der Waals surface area contributed by atoms with E-state index in [4.69, 9.17) is 4.74 Å². The number of nitrogens with one attached hydrogen (secondary N) is 1. The number of hydrogen-bond acceptors (Lipinski definition) is 6. The van der Waals surface area contributed by atoms with Crippen LogP contribution in [-0.4, -0.2) is 25.4 Å². The molecule has 1 aromatic heterocycles. The molecule has 0 saturated carbocycles. The van der Waals surface area contributed by atoms with E-state index >= 15 is 0 Å². The van der Waals surface area contributed by atoms with Gasteiger partial charge in [0.1, 0.15) is 16.5 Å². The van der Waals surface area contributed by atoms with Crippen LogP contribution in [0.3, 0.4) is 0 Å². The predicted octanol–water partition coefficient (Wildman–Crippen LogP) is 3.73. The minimum atomic E-state index is -0.358. The molecule has 0 bridgehead atoms. The molecule has 1 aromatic rings. The number of rotatable bonds is 7. The van der Waals surface area contributed by atoms with Crippen LogP contribution >= 0.6 is 23.1 Å². The fourth-order valence-electron chi connectivity index (χ4n) is 1.55. The Labute approximate surface area is 122 Å². The maximum atomic E-state index is 11.9. The van der Waals surface area contributed by atoms with Crippen molar-refractivity contribution < 1.29 is 9.53 Å². The lowest BCUT2D eigenvalue weighted by atomic mass is 10.2. The van der Waals surface area contributed by atoms with E-state index in [1.54, 1.807) is 6.92 Å². The largest absolute Gasteiger partial charge is 0.462 e. The van der Waals surface area contributed by atoms with E-state index in [0.29, 0.717) is 22.7 Å². The fraction of sp³-hybridized carbons (Fsp3) is 0.538. The summed E-state index contributed by atoms with van der Waals surface area (Å²) in [4.78, 5) is 12.4. The number of unbranched alkanes of at least 4 members (excludes halogenated alkanes) is 1. The van der Waals surface area contributed by atoms with Gasteiger partial charge in [-0.25, -0.2) is 4.79 Å². The van der Waals surface area contributed by atoms with E-state index in [0.717, 1.165) is 23.6 Å². The Kier molecular flexibility index (Phi) is 6.74. The third kappa shape index (κ3) is 3.88. The first-order chi connectivity index (χ1) is 9.19. The number of thioether (sulfide) groups is 1. The third-order valence-corrected chi connectivity index (χ3v) is 4.76. The molecule has 0 atom stereocenters. The van der Waals surface area contributed by atoms with E-state index in [1.165, 1.54) is 23.1 Å². The molecule has 0 aliphatic heterocycles. The summed E-state index contributed by atoms with van der Waals surface area (Å²) in [6.07, 6.45) is 3.96. The molecule has 4 nitrogen and oxygen atoms in total. The van der Waals surface area contributed by atoms with E-state index in [1.807, 2.05) is 6.26 Å². The van der Waals surface area contributed by atoms with Crippen LogP contribution in [0.2, 0.25) is 0 Å². The summed E-state index contributed by atoms with van der Waals surface area (Å²) in [5.41, 5.74) is 1.18. The predicted molar refractivity (Wildman–Crippen MR) is 80.2 cm³/mol. The average Bonchev–Trinajstić information content (AvgIpc) is 2.77. The maximum Gasteiger partial charge on any atom is 0.350 e. The monoisotopic (exact) mass is 298 g/mol. The standard InChI is InChI=1S/C13H18N2O2S2/c1-4-6-7-15-10-9(8-14)13(18-3)19-11(10)12(16)17-5-2/h15H,4-7H2,1-3H3. The van der Waals surface area contributed by atoms with Gasteiger partial charge >= 0.3 is 5.97 Å². The highest BCUT2D eigenvalue weighted by Crippen LogP contribution is 2.38. The number of nitriles is 1. The highest BCUT2D eigenvalue weighted by molar-refractivity contribution is 8.00. The molecule has 104 valence electrons. The number of anilines is 1. The number of esters is 1. The second-order valence-electron chi connectivity index (χ2n) is 3.79. The molecule has 0 aliphatic carbocycles. The first-order valence-electron chi connectivity index (χ1n) is 6.21. The van der Waals surface area contributed by atoms with Gasteiger partial charge in [-0.3, -0.25) is 0 Å². The molecule has 1 N–H and O–H groups in total. The van der Waals surface area contributed by atoms with Gasteiger partial charge in [-0.2, -0.15) is 5.26 Å². The molecule has 0 spiro atoms. The molecule has 0 unspecified atom stereocenters. The zero-order valence-corrected chi connectivity index (χ0v) is 13.0. The van der Waals surface area contributed by atoms with Crippen molar-refractivity contribution in [1.82, 2.24) is 0 Å². The maximum absolute atomic E-state index is 11.9. The van der Waals surface area contributed by atoms with Crippen LogP contribution < -0.4 is 5.32 Å². The number of hydrogen-bond donors (Lipinski definition) is 1. The van der Waals surface area contributed by atoms with Crippen LogP contribution in [0.1, 0.15) is 41.9 Å². The normalized spacial score (nSPS) is 10.0. The molecular formula is C13H18N2O2S2. The quantitative estimate of drug-likeness (QED) is 0.472. The molecule has 0 amide bonds. The summed E-state index contributed by atoms with van der Waals surface area (Å²) in [6, 6.07) is 2.18. The van der Waals surface area contributed by atoms with Gasteiger partial charge in [0, 0.05) is 6.54 Å². The lowest BCUT2D eigenvalue weighted by molar-refractivity contribution is 0.0533. The second-order valence-corrected chi connectivity index (χ2v) is 5.88. The first-order valence-corrected chi connectivity index (χ1v) is 8.25. The number of carbonyl (C=O) groups is 1. The van der Waals surface area contributed by atoms with Crippen LogP contribution in [0.15, 0.2) is 4.21 Å². The summed E-state index contributed by atoms with van der Waals surface area (Å²) in [7, 11) is 0. The van der Waals surface area contributed by atoms with Gasteiger partial charge < -0.3 is 10.1 Å². The average molecular weight is 298 g/mol. The molecule has 0 aliphatic rings. The minimum Gasteiger partial charge on any atom is -0.462 e. The van der Waals surface area contributed by atoms with Crippen molar-refractivity contribution in [2.75, 3.05) is 24.7 Å². The highest BCUT2D eigenvalue weighted by atomic mass is 32.2. The molecule has 0 aromatic carbocycles.